The van der Waals surface area contributed by atoms with Crippen molar-refractivity contribution in [3.8, 4) is 5.75 Å². The molecule has 2 nitrogen and oxygen atoms in total. The average molecular weight is 275 g/mol. The number of nitrogens with one attached hydrogen (secondary N) is 1. The molecule has 1 fully saturated rings. The van der Waals surface area contributed by atoms with Gasteiger partial charge in [-0.25, -0.2) is 0 Å². The minimum Gasteiger partial charge on any atom is -0.489 e. The fourth-order valence-corrected chi connectivity index (χ4v) is 2.42. The summed E-state index contributed by atoms with van der Waals surface area (Å²) in [6.07, 6.45) is 8.98. The number of ether oxygens (including phenoxy) is 1. The van der Waals surface area contributed by atoms with E-state index in [-0.39, 0.29) is 0 Å². The second-order valence-corrected chi connectivity index (χ2v) is 5.96. The summed E-state index contributed by atoms with van der Waals surface area (Å²) < 4.78 is 6.13. The largest absolute Gasteiger partial charge is 0.489 e. The lowest BCUT2D eigenvalue weighted by Crippen LogP contribution is -2.32. The Bertz CT molecular complexity index is 370. The summed E-state index contributed by atoms with van der Waals surface area (Å²) in [6, 6.07) is 9.44. The third-order valence-electron chi connectivity index (χ3n) is 3.87. The highest BCUT2D eigenvalue weighted by Crippen LogP contribution is 2.20. The molecule has 1 aromatic rings. The van der Waals surface area contributed by atoms with Crippen LogP contribution in [0.25, 0.3) is 0 Å². The van der Waals surface area contributed by atoms with E-state index in [9.17, 15) is 0 Å². The molecule has 112 valence electrons. The molecule has 1 aromatic carbocycles. The van der Waals surface area contributed by atoms with Crippen LogP contribution >= 0.6 is 0 Å². The summed E-state index contributed by atoms with van der Waals surface area (Å²) in [6.45, 7) is 5.44. The minimum atomic E-state index is 0.307. The van der Waals surface area contributed by atoms with Crippen molar-refractivity contribution < 1.29 is 4.74 Å². The summed E-state index contributed by atoms with van der Waals surface area (Å²) >= 11 is 0. The van der Waals surface area contributed by atoms with Crippen LogP contribution in [0.4, 0.5) is 0 Å². The Morgan fingerprint density at radius 1 is 1.15 bits per heavy atom. The molecular weight excluding hydrogens is 246 g/mol. The molecule has 1 atom stereocenters. The van der Waals surface area contributed by atoms with E-state index in [0.29, 0.717) is 6.10 Å². The van der Waals surface area contributed by atoms with Crippen LogP contribution in [0.2, 0.25) is 0 Å². The van der Waals surface area contributed by atoms with Crippen molar-refractivity contribution in [2.24, 2.45) is 0 Å². The van der Waals surface area contributed by atoms with Crippen molar-refractivity contribution >= 4 is 0 Å². The average Bonchev–Trinajstić information content (AvgIpc) is 3.28. The van der Waals surface area contributed by atoms with Crippen LogP contribution < -0.4 is 10.1 Å². The quantitative estimate of drug-likeness (QED) is 0.686. The first-order valence-corrected chi connectivity index (χ1v) is 8.30. The Balaban J connectivity index is 1.81. The van der Waals surface area contributed by atoms with Gasteiger partial charge in [0.25, 0.3) is 0 Å². The van der Waals surface area contributed by atoms with Crippen LogP contribution in [-0.2, 0) is 6.42 Å². The van der Waals surface area contributed by atoms with Gasteiger partial charge in [-0.15, -0.1) is 0 Å². The number of benzene rings is 1. The Morgan fingerprint density at radius 2 is 1.90 bits per heavy atom. The van der Waals surface area contributed by atoms with Crippen LogP contribution in [0, 0.1) is 0 Å². The summed E-state index contributed by atoms with van der Waals surface area (Å²) in [5.41, 5.74) is 1.42. The maximum atomic E-state index is 6.13. The topological polar surface area (TPSA) is 21.3 Å². The molecule has 0 saturated heterocycles. The molecule has 0 amide bonds. The smallest absolute Gasteiger partial charge is 0.119 e. The van der Waals surface area contributed by atoms with E-state index < -0.39 is 0 Å². The zero-order chi connectivity index (χ0) is 14.2. The highest BCUT2D eigenvalue weighted by molar-refractivity contribution is 5.27. The first-order chi connectivity index (χ1) is 9.81. The molecule has 0 aromatic heterocycles. The molecule has 0 radical (unpaired) electrons. The fourth-order valence-electron chi connectivity index (χ4n) is 2.42. The van der Waals surface area contributed by atoms with Crippen molar-refractivity contribution in [1.29, 1.82) is 0 Å². The molecule has 2 heteroatoms. The molecular formula is C18H29NO. The van der Waals surface area contributed by atoms with Gasteiger partial charge in [0, 0.05) is 12.6 Å². The third-order valence-corrected chi connectivity index (χ3v) is 3.87. The molecule has 0 aliphatic heterocycles. The van der Waals surface area contributed by atoms with Gasteiger partial charge >= 0.3 is 0 Å². The Hall–Kier alpha value is -1.02. The van der Waals surface area contributed by atoms with E-state index in [2.05, 4.69) is 43.4 Å². The molecule has 0 heterocycles. The predicted molar refractivity (Wildman–Crippen MR) is 85.4 cm³/mol. The van der Waals surface area contributed by atoms with Crippen LogP contribution in [0.5, 0.6) is 5.75 Å². The summed E-state index contributed by atoms with van der Waals surface area (Å²) in [7, 11) is 0. The predicted octanol–water partition coefficient (Wildman–Crippen LogP) is 4.33. The lowest BCUT2D eigenvalue weighted by Gasteiger charge is -2.19. The summed E-state index contributed by atoms with van der Waals surface area (Å²) in [4.78, 5) is 0. The molecule has 1 saturated carbocycles. The van der Waals surface area contributed by atoms with Crippen molar-refractivity contribution in [2.45, 2.75) is 70.9 Å². The molecule has 2 rings (SSSR count). The van der Waals surface area contributed by atoms with E-state index >= 15 is 0 Å². The third kappa shape index (κ3) is 5.54. The highest BCUT2D eigenvalue weighted by Gasteiger charge is 2.22. The van der Waals surface area contributed by atoms with Gasteiger partial charge in [0.2, 0.25) is 0 Å². The van der Waals surface area contributed by atoms with Crippen LogP contribution in [-0.4, -0.2) is 18.7 Å². The first kappa shape index (κ1) is 15.4. The molecule has 1 aliphatic carbocycles. The summed E-state index contributed by atoms with van der Waals surface area (Å²) in [5, 5.41) is 3.58. The molecule has 20 heavy (non-hydrogen) atoms. The zero-order valence-electron chi connectivity index (χ0n) is 13.0. The molecule has 0 spiro atoms. The second-order valence-electron chi connectivity index (χ2n) is 5.96. The van der Waals surface area contributed by atoms with Crippen molar-refractivity contribution in [3.05, 3.63) is 29.8 Å². The maximum absolute atomic E-state index is 6.13. The van der Waals surface area contributed by atoms with E-state index in [4.69, 9.17) is 4.74 Å². The monoisotopic (exact) mass is 275 g/mol. The van der Waals surface area contributed by atoms with Gasteiger partial charge in [0.1, 0.15) is 11.9 Å². The number of hydrogen-bond donors (Lipinski definition) is 1. The van der Waals surface area contributed by atoms with E-state index in [1.54, 1.807) is 0 Å². The SMILES string of the molecule is CCCCc1ccc(OC(CCC)CNC2CC2)cc1. The number of unbranched alkanes of at least 4 members (excludes halogenated alkanes) is 1. The Kier molecular flexibility index (Phi) is 6.38. The lowest BCUT2D eigenvalue weighted by atomic mass is 10.1. The fraction of sp³-hybridized carbons (Fsp3) is 0.667. The minimum absolute atomic E-state index is 0.307. The van der Waals surface area contributed by atoms with Gasteiger partial charge in [0.15, 0.2) is 0 Å². The molecule has 1 aliphatic rings. The lowest BCUT2D eigenvalue weighted by molar-refractivity contribution is 0.186. The van der Waals surface area contributed by atoms with Gasteiger partial charge in [0.05, 0.1) is 0 Å². The Labute approximate surface area is 123 Å². The van der Waals surface area contributed by atoms with Gasteiger partial charge in [-0.2, -0.15) is 0 Å². The normalized spacial score (nSPS) is 16.1. The maximum Gasteiger partial charge on any atom is 0.119 e. The Morgan fingerprint density at radius 3 is 2.50 bits per heavy atom. The first-order valence-electron chi connectivity index (χ1n) is 8.30. The van der Waals surface area contributed by atoms with E-state index in [1.165, 1.54) is 44.1 Å². The van der Waals surface area contributed by atoms with Crippen molar-refractivity contribution in [1.82, 2.24) is 5.32 Å². The number of aryl methyl sites for hydroxylation is 1. The van der Waals surface area contributed by atoms with E-state index in [1.807, 2.05) is 0 Å². The zero-order valence-corrected chi connectivity index (χ0v) is 13.0. The molecule has 0 bridgehead atoms. The number of hydrogen-bond acceptors (Lipinski definition) is 2. The summed E-state index contributed by atoms with van der Waals surface area (Å²) in [5.74, 6) is 1.02. The second kappa shape index (κ2) is 8.31. The molecule has 1 N–H and O–H groups in total. The van der Waals surface area contributed by atoms with E-state index in [0.717, 1.165) is 24.8 Å². The van der Waals surface area contributed by atoms with Crippen LogP contribution in [0.1, 0.15) is 57.9 Å². The molecule has 1 unspecified atom stereocenters. The van der Waals surface area contributed by atoms with Gasteiger partial charge in [-0.1, -0.05) is 38.8 Å². The van der Waals surface area contributed by atoms with Crippen molar-refractivity contribution in [3.63, 3.8) is 0 Å². The van der Waals surface area contributed by atoms with Gasteiger partial charge in [-0.3, -0.25) is 0 Å². The van der Waals surface area contributed by atoms with Gasteiger partial charge in [-0.05, 0) is 49.8 Å². The van der Waals surface area contributed by atoms with Gasteiger partial charge < -0.3 is 10.1 Å². The highest BCUT2D eigenvalue weighted by atomic mass is 16.5. The van der Waals surface area contributed by atoms with Crippen LogP contribution in [0.3, 0.4) is 0 Å². The van der Waals surface area contributed by atoms with Crippen LogP contribution in [0.15, 0.2) is 24.3 Å². The standard InChI is InChI=1S/C18H29NO/c1-3-5-7-15-8-12-17(13-9-15)20-18(6-4-2)14-19-16-10-11-16/h8-9,12-13,16,18-19H,3-7,10-11,14H2,1-2H3. The number of rotatable bonds is 10. The van der Waals surface area contributed by atoms with Crippen molar-refractivity contribution in [2.75, 3.05) is 6.54 Å².